The molecule has 5 nitrogen and oxygen atoms in total. The molecule has 0 aliphatic carbocycles. The summed E-state index contributed by atoms with van der Waals surface area (Å²) < 4.78 is 5.25. The van der Waals surface area contributed by atoms with E-state index in [2.05, 4.69) is 5.32 Å². The fraction of sp³-hybridized carbons (Fsp3) is 0.200. The van der Waals surface area contributed by atoms with E-state index >= 15 is 0 Å². The maximum atomic E-state index is 10.9. The lowest BCUT2D eigenvalue weighted by molar-refractivity contribution is -0.105. The van der Waals surface area contributed by atoms with Gasteiger partial charge in [-0.25, -0.2) is 0 Å². The van der Waals surface area contributed by atoms with Crippen molar-refractivity contribution in [2.45, 2.75) is 6.92 Å². The molecule has 0 heterocycles. The van der Waals surface area contributed by atoms with Crippen LogP contribution in [0.3, 0.4) is 0 Å². The molecule has 5 heteroatoms. The number of carbonyl (C=O) groups is 2. The van der Waals surface area contributed by atoms with Crippen LogP contribution >= 0.6 is 0 Å². The number of hydrogen-bond donors (Lipinski definition) is 2. The fourth-order valence-corrected chi connectivity index (χ4v) is 1.13. The smallest absolute Gasteiger partial charge is 0.248 e. The maximum absolute atomic E-state index is 10.9. The Labute approximate surface area is 87.2 Å². The first-order valence-corrected chi connectivity index (χ1v) is 4.46. The molecule has 0 fully saturated rings. The number of amides is 2. The average Bonchev–Trinajstić information content (AvgIpc) is 2.21. The summed E-state index contributed by atoms with van der Waals surface area (Å²) in [6.45, 7) is 2.25. The zero-order valence-electron chi connectivity index (χ0n) is 8.32. The summed E-state index contributed by atoms with van der Waals surface area (Å²) in [5, 5.41) is 2.47. The second-order valence-corrected chi connectivity index (χ2v) is 2.77. The van der Waals surface area contributed by atoms with E-state index in [1.54, 1.807) is 6.07 Å². The predicted octanol–water partition coefficient (Wildman–Crippen LogP) is 0.753. The Bertz CT molecular complexity index is 377. The molecule has 0 aliphatic rings. The highest BCUT2D eigenvalue weighted by atomic mass is 16.5. The third kappa shape index (κ3) is 2.70. The number of nitrogens with one attached hydrogen (secondary N) is 1. The predicted molar refractivity (Wildman–Crippen MR) is 55.8 cm³/mol. The van der Waals surface area contributed by atoms with Gasteiger partial charge in [-0.2, -0.15) is 0 Å². The van der Waals surface area contributed by atoms with Gasteiger partial charge in [0.25, 0.3) is 0 Å². The molecule has 1 aromatic rings. The molecular weight excluding hydrogens is 196 g/mol. The molecule has 15 heavy (non-hydrogen) atoms. The van der Waals surface area contributed by atoms with Gasteiger partial charge in [-0.3, -0.25) is 9.59 Å². The molecule has 0 unspecified atom stereocenters. The van der Waals surface area contributed by atoms with Crippen molar-refractivity contribution in [2.75, 3.05) is 11.9 Å². The van der Waals surface area contributed by atoms with Crippen LogP contribution in [-0.4, -0.2) is 18.9 Å². The summed E-state index contributed by atoms with van der Waals surface area (Å²) in [5.41, 5.74) is 5.97. The number of anilines is 1. The van der Waals surface area contributed by atoms with Crippen LogP contribution in [0.25, 0.3) is 0 Å². The molecule has 0 aliphatic heterocycles. The zero-order chi connectivity index (χ0) is 11.3. The number of rotatable bonds is 5. The molecule has 2 amide bonds. The molecule has 0 saturated carbocycles. The molecule has 80 valence electrons. The largest absolute Gasteiger partial charge is 0.492 e. The summed E-state index contributed by atoms with van der Waals surface area (Å²) in [5.74, 6) is -0.102. The molecule has 0 aromatic heterocycles. The third-order valence-corrected chi connectivity index (χ3v) is 1.78. The van der Waals surface area contributed by atoms with Gasteiger partial charge in [-0.05, 0) is 25.1 Å². The first kappa shape index (κ1) is 11.0. The zero-order valence-corrected chi connectivity index (χ0v) is 8.32. The summed E-state index contributed by atoms with van der Waals surface area (Å²) in [6, 6.07) is 4.59. The summed E-state index contributed by atoms with van der Waals surface area (Å²) in [7, 11) is 0. The quantitative estimate of drug-likeness (QED) is 0.700. The highest BCUT2D eigenvalue weighted by Gasteiger charge is 2.07. The van der Waals surface area contributed by atoms with Crippen molar-refractivity contribution in [1.29, 1.82) is 0 Å². The number of carbonyl (C=O) groups excluding carboxylic acids is 2. The van der Waals surface area contributed by atoms with Crippen molar-refractivity contribution >= 4 is 18.0 Å². The van der Waals surface area contributed by atoms with E-state index in [-0.39, 0.29) is 0 Å². The Morgan fingerprint density at radius 3 is 2.87 bits per heavy atom. The lowest BCUT2D eigenvalue weighted by atomic mass is 10.2. The summed E-state index contributed by atoms with van der Waals surface area (Å²) in [6.07, 6.45) is 0.543. The SMILES string of the molecule is CCOc1cc(C(N)=O)ccc1NC=O. The molecular formula is C10H12N2O3. The number of nitrogens with two attached hydrogens (primary N) is 1. The molecule has 0 atom stereocenters. The van der Waals surface area contributed by atoms with Gasteiger partial charge in [0.05, 0.1) is 12.3 Å². The minimum absolute atomic E-state index is 0.342. The number of benzene rings is 1. The molecule has 3 N–H and O–H groups in total. The van der Waals surface area contributed by atoms with Gasteiger partial charge in [-0.15, -0.1) is 0 Å². The minimum atomic E-state index is -0.534. The van der Waals surface area contributed by atoms with Gasteiger partial charge >= 0.3 is 0 Å². The van der Waals surface area contributed by atoms with E-state index in [9.17, 15) is 9.59 Å². The number of ether oxygens (including phenoxy) is 1. The van der Waals surface area contributed by atoms with E-state index < -0.39 is 5.91 Å². The summed E-state index contributed by atoms with van der Waals surface area (Å²) in [4.78, 5) is 21.2. The van der Waals surface area contributed by atoms with Gasteiger partial charge in [0, 0.05) is 5.56 Å². The van der Waals surface area contributed by atoms with Crippen molar-refractivity contribution in [3.63, 3.8) is 0 Å². The lowest BCUT2D eigenvalue weighted by Crippen LogP contribution is -2.11. The highest BCUT2D eigenvalue weighted by molar-refractivity contribution is 5.94. The van der Waals surface area contributed by atoms with Crippen LogP contribution in [0.2, 0.25) is 0 Å². The molecule has 0 radical (unpaired) electrons. The van der Waals surface area contributed by atoms with Crippen LogP contribution < -0.4 is 15.8 Å². The topological polar surface area (TPSA) is 81.4 Å². The minimum Gasteiger partial charge on any atom is -0.492 e. The monoisotopic (exact) mass is 208 g/mol. The average molecular weight is 208 g/mol. The van der Waals surface area contributed by atoms with Crippen molar-refractivity contribution in [2.24, 2.45) is 5.73 Å². The molecule has 0 bridgehead atoms. The molecule has 1 rings (SSSR count). The first-order valence-electron chi connectivity index (χ1n) is 4.46. The maximum Gasteiger partial charge on any atom is 0.248 e. The van der Waals surface area contributed by atoms with Crippen LogP contribution in [0.5, 0.6) is 5.75 Å². The molecule has 0 spiro atoms. The normalized spacial score (nSPS) is 9.40. The van der Waals surface area contributed by atoms with Crippen molar-refractivity contribution in [3.05, 3.63) is 23.8 Å². The van der Waals surface area contributed by atoms with Crippen LogP contribution in [0.4, 0.5) is 5.69 Å². The fourth-order valence-electron chi connectivity index (χ4n) is 1.13. The van der Waals surface area contributed by atoms with Crippen LogP contribution in [0.1, 0.15) is 17.3 Å². The summed E-state index contributed by atoms with van der Waals surface area (Å²) >= 11 is 0. The van der Waals surface area contributed by atoms with E-state index in [4.69, 9.17) is 10.5 Å². The third-order valence-electron chi connectivity index (χ3n) is 1.78. The van der Waals surface area contributed by atoms with E-state index in [1.165, 1.54) is 12.1 Å². The second kappa shape index (κ2) is 4.99. The van der Waals surface area contributed by atoms with Gasteiger partial charge in [0.1, 0.15) is 5.75 Å². The highest BCUT2D eigenvalue weighted by Crippen LogP contribution is 2.25. The van der Waals surface area contributed by atoms with Crippen molar-refractivity contribution < 1.29 is 14.3 Å². The first-order chi connectivity index (χ1) is 7.19. The van der Waals surface area contributed by atoms with E-state index in [1.807, 2.05) is 6.92 Å². The van der Waals surface area contributed by atoms with Gasteiger partial charge in [0.2, 0.25) is 12.3 Å². The van der Waals surface area contributed by atoms with E-state index in [0.717, 1.165) is 0 Å². The van der Waals surface area contributed by atoms with Gasteiger partial charge < -0.3 is 15.8 Å². The van der Waals surface area contributed by atoms with Crippen molar-refractivity contribution in [1.82, 2.24) is 0 Å². The van der Waals surface area contributed by atoms with Crippen LogP contribution in [0.15, 0.2) is 18.2 Å². The lowest BCUT2D eigenvalue weighted by Gasteiger charge is -2.09. The van der Waals surface area contributed by atoms with Gasteiger partial charge in [-0.1, -0.05) is 0 Å². The van der Waals surface area contributed by atoms with Crippen LogP contribution in [-0.2, 0) is 4.79 Å². The van der Waals surface area contributed by atoms with E-state index in [0.29, 0.717) is 30.0 Å². The Balaban J connectivity index is 3.07. The second-order valence-electron chi connectivity index (χ2n) is 2.77. The molecule has 1 aromatic carbocycles. The van der Waals surface area contributed by atoms with Crippen LogP contribution in [0, 0.1) is 0 Å². The standard InChI is InChI=1S/C10H12N2O3/c1-2-15-9-5-7(10(11)14)3-4-8(9)12-6-13/h3-6H,2H2,1H3,(H2,11,14)(H,12,13). The van der Waals surface area contributed by atoms with Crippen molar-refractivity contribution in [3.8, 4) is 5.75 Å². The van der Waals surface area contributed by atoms with Gasteiger partial charge in [0.15, 0.2) is 0 Å². The Kier molecular flexibility index (Phi) is 3.68. The Morgan fingerprint density at radius 1 is 1.60 bits per heavy atom. The number of primary amides is 1. The molecule has 0 saturated heterocycles. The number of hydrogen-bond acceptors (Lipinski definition) is 3. The Hall–Kier alpha value is -2.04. The Morgan fingerprint density at radius 2 is 2.33 bits per heavy atom.